The van der Waals surface area contributed by atoms with Crippen molar-refractivity contribution in [3.05, 3.63) is 62.1 Å². The van der Waals surface area contributed by atoms with Crippen molar-refractivity contribution in [3.63, 3.8) is 0 Å². The molecular weight excluding hydrogens is 455 g/mol. The van der Waals surface area contributed by atoms with Gasteiger partial charge in [0.1, 0.15) is 4.90 Å². The highest BCUT2D eigenvalue weighted by Gasteiger charge is 2.30. The van der Waals surface area contributed by atoms with Gasteiger partial charge in [-0.3, -0.25) is 15.5 Å². The molecule has 0 aliphatic carbocycles. The number of halogens is 2. The van der Waals surface area contributed by atoms with Gasteiger partial charge in [0.25, 0.3) is 5.69 Å². The van der Waals surface area contributed by atoms with E-state index in [1.807, 2.05) is 0 Å². The van der Waals surface area contributed by atoms with Gasteiger partial charge in [-0.05, 0) is 30.7 Å². The van der Waals surface area contributed by atoms with Crippen LogP contribution in [0.1, 0.15) is 12.5 Å². The number of nitrogens with zero attached hydrogens (tertiary/aromatic N) is 3. The fraction of sp³-hybridized carbons (Fsp3) is 0.278. The molecule has 0 aromatic heterocycles. The van der Waals surface area contributed by atoms with Crippen molar-refractivity contribution in [2.75, 3.05) is 31.7 Å². The molecule has 2 aromatic carbocycles. The van der Waals surface area contributed by atoms with E-state index in [1.54, 1.807) is 25.1 Å². The first kappa shape index (κ1) is 22.4. The molecule has 0 amide bonds. The number of benzene rings is 2. The number of hydrogen-bond acceptors (Lipinski definition) is 7. The van der Waals surface area contributed by atoms with Crippen molar-refractivity contribution in [2.45, 2.75) is 11.8 Å². The smallest absolute Gasteiger partial charge is 0.270 e. The van der Waals surface area contributed by atoms with Crippen LogP contribution in [0.2, 0.25) is 10.0 Å². The van der Waals surface area contributed by atoms with Crippen LogP contribution in [0, 0.1) is 10.1 Å². The van der Waals surface area contributed by atoms with Crippen LogP contribution in [0.15, 0.2) is 46.4 Å². The monoisotopic (exact) mass is 472 g/mol. The molecule has 0 atom stereocenters. The second kappa shape index (κ2) is 9.27. The quantitative estimate of drug-likeness (QED) is 0.388. The highest BCUT2D eigenvalue weighted by Crippen LogP contribution is 2.30. The molecule has 1 heterocycles. The summed E-state index contributed by atoms with van der Waals surface area (Å²) in [5.74, 6) is 0. The van der Waals surface area contributed by atoms with Gasteiger partial charge in [0.05, 0.1) is 39.6 Å². The number of rotatable bonds is 6. The van der Waals surface area contributed by atoms with Gasteiger partial charge in [-0.25, -0.2) is 8.42 Å². The van der Waals surface area contributed by atoms with E-state index in [0.717, 1.165) is 6.07 Å². The van der Waals surface area contributed by atoms with E-state index in [1.165, 1.54) is 16.4 Å². The first-order valence-electron chi connectivity index (χ1n) is 8.82. The standard InChI is InChI=1S/C18H18Cl2N4O5S/c1-12(13-2-4-15(19)16(20)10-13)21-22-17-5-3-14(24(25)26)11-18(17)30(27,28)23-6-8-29-9-7-23/h2-5,10-11,22H,6-9H2,1H3. The van der Waals surface area contributed by atoms with E-state index in [9.17, 15) is 18.5 Å². The molecule has 0 unspecified atom stereocenters. The minimum Gasteiger partial charge on any atom is -0.379 e. The molecule has 12 heteroatoms. The maximum absolute atomic E-state index is 13.1. The van der Waals surface area contributed by atoms with E-state index in [0.29, 0.717) is 21.3 Å². The number of morpholine rings is 1. The first-order valence-corrected chi connectivity index (χ1v) is 11.0. The normalized spacial score (nSPS) is 15.8. The average molecular weight is 473 g/mol. The molecule has 0 spiro atoms. The van der Waals surface area contributed by atoms with Gasteiger partial charge in [-0.2, -0.15) is 9.41 Å². The molecule has 1 aliphatic rings. The Morgan fingerprint density at radius 2 is 1.87 bits per heavy atom. The fourth-order valence-corrected chi connectivity index (χ4v) is 4.65. The lowest BCUT2D eigenvalue weighted by atomic mass is 10.1. The van der Waals surface area contributed by atoms with E-state index >= 15 is 0 Å². The number of hydrazone groups is 1. The van der Waals surface area contributed by atoms with Gasteiger partial charge in [-0.15, -0.1) is 0 Å². The third kappa shape index (κ3) is 4.90. The Balaban J connectivity index is 1.97. The lowest BCUT2D eigenvalue weighted by Gasteiger charge is -2.26. The van der Waals surface area contributed by atoms with Gasteiger partial charge in [0.15, 0.2) is 0 Å². The number of ether oxygens (including phenoxy) is 1. The van der Waals surface area contributed by atoms with Crippen LogP contribution in [0.25, 0.3) is 0 Å². The molecule has 9 nitrogen and oxygen atoms in total. The molecule has 160 valence electrons. The zero-order valence-electron chi connectivity index (χ0n) is 15.8. The third-order valence-electron chi connectivity index (χ3n) is 4.45. The molecule has 0 bridgehead atoms. The van der Waals surface area contributed by atoms with Crippen LogP contribution in [0.3, 0.4) is 0 Å². The summed E-state index contributed by atoms with van der Waals surface area (Å²) in [6.07, 6.45) is 0. The number of nitro benzene ring substituents is 1. The van der Waals surface area contributed by atoms with Crippen LogP contribution < -0.4 is 5.43 Å². The second-order valence-corrected chi connectivity index (χ2v) is 9.11. The Labute approximate surface area is 183 Å². The van der Waals surface area contributed by atoms with Crippen LogP contribution >= 0.6 is 23.2 Å². The first-order chi connectivity index (χ1) is 14.2. The minimum absolute atomic E-state index is 0.117. The van der Waals surface area contributed by atoms with E-state index in [-0.39, 0.29) is 42.6 Å². The Kier molecular flexibility index (Phi) is 6.94. The largest absolute Gasteiger partial charge is 0.379 e. The summed E-state index contributed by atoms with van der Waals surface area (Å²) in [5, 5.41) is 16.2. The van der Waals surface area contributed by atoms with Crippen LogP contribution in [0.4, 0.5) is 11.4 Å². The number of hydrogen-bond donors (Lipinski definition) is 1. The SMILES string of the molecule is CC(=NNc1ccc([N+](=O)[O-])cc1S(=O)(=O)N1CCOCC1)c1ccc(Cl)c(Cl)c1. The van der Waals surface area contributed by atoms with E-state index < -0.39 is 14.9 Å². The number of nitrogens with one attached hydrogen (secondary N) is 1. The summed E-state index contributed by atoms with van der Waals surface area (Å²) in [6.45, 7) is 2.54. The van der Waals surface area contributed by atoms with Crippen molar-refractivity contribution in [1.82, 2.24) is 4.31 Å². The molecule has 2 aromatic rings. The van der Waals surface area contributed by atoms with E-state index in [2.05, 4.69) is 10.5 Å². The molecule has 1 aliphatic heterocycles. The molecule has 3 rings (SSSR count). The van der Waals surface area contributed by atoms with Crippen LogP contribution in [0.5, 0.6) is 0 Å². The molecule has 1 N–H and O–H groups in total. The highest BCUT2D eigenvalue weighted by molar-refractivity contribution is 7.89. The van der Waals surface area contributed by atoms with Crippen molar-refractivity contribution in [3.8, 4) is 0 Å². The maximum Gasteiger partial charge on any atom is 0.270 e. The van der Waals surface area contributed by atoms with Gasteiger partial charge in [0, 0.05) is 25.2 Å². The average Bonchev–Trinajstić information content (AvgIpc) is 2.74. The number of sulfonamides is 1. The molecule has 0 radical (unpaired) electrons. The van der Waals surface area contributed by atoms with Crippen LogP contribution in [-0.4, -0.2) is 49.7 Å². The van der Waals surface area contributed by atoms with Crippen molar-refractivity contribution < 1.29 is 18.1 Å². The lowest BCUT2D eigenvalue weighted by Crippen LogP contribution is -2.40. The summed E-state index contributed by atoms with van der Waals surface area (Å²) >= 11 is 11.9. The maximum atomic E-state index is 13.1. The lowest BCUT2D eigenvalue weighted by molar-refractivity contribution is -0.385. The van der Waals surface area contributed by atoms with Crippen LogP contribution in [-0.2, 0) is 14.8 Å². The molecule has 1 saturated heterocycles. The summed E-state index contributed by atoms with van der Waals surface area (Å²) in [4.78, 5) is 10.3. The number of anilines is 1. The number of non-ortho nitro benzene ring substituents is 1. The molecule has 30 heavy (non-hydrogen) atoms. The minimum atomic E-state index is -4.00. The van der Waals surface area contributed by atoms with E-state index in [4.69, 9.17) is 27.9 Å². The molecule has 0 saturated carbocycles. The summed E-state index contributed by atoms with van der Waals surface area (Å²) in [6, 6.07) is 8.53. The van der Waals surface area contributed by atoms with Gasteiger partial charge < -0.3 is 4.74 Å². The Bertz CT molecular complexity index is 1100. The van der Waals surface area contributed by atoms with Crippen molar-refractivity contribution in [1.29, 1.82) is 0 Å². The summed E-state index contributed by atoms with van der Waals surface area (Å²) < 4.78 is 32.6. The Morgan fingerprint density at radius 3 is 2.50 bits per heavy atom. The summed E-state index contributed by atoms with van der Waals surface area (Å²) in [5.41, 5.74) is 3.68. The Hall–Kier alpha value is -2.24. The predicted molar refractivity (Wildman–Crippen MR) is 115 cm³/mol. The van der Waals surface area contributed by atoms with Gasteiger partial charge >= 0.3 is 0 Å². The number of nitro groups is 1. The third-order valence-corrected chi connectivity index (χ3v) is 7.12. The van der Waals surface area contributed by atoms with Gasteiger partial charge in [-0.1, -0.05) is 29.3 Å². The van der Waals surface area contributed by atoms with Crippen molar-refractivity contribution in [2.24, 2.45) is 5.10 Å². The topological polar surface area (TPSA) is 114 Å². The second-order valence-electron chi connectivity index (χ2n) is 6.39. The van der Waals surface area contributed by atoms with Gasteiger partial charge in [0.2, 0.25) is 10.0 Å². The zero-order valence-corrected chi connectivity index (χ0v) is 18.2. The Morgan fingerprint density at radius 1 is 1.17 bits per heavy atom. The highest BCUT2D eigenvalue weighted by atomic mass is 35.5. The predicted octanol–water partition coefficient (Wildman–Crippen LogP) is 3.76. The van der Waals surface area contributed by atoms with Crippen molar-refractivity contribution >= 4 is 50.3 Å². The molecule has 1 fully saturated rings. The molecular formula is C18H18Cl2N4O5S. The fourth-order valence-electron chi connectivity index (χ4n) is 2.79. The zero-order chi connectivity index (χ0) is 21.9. The summed E-state index contributed by atoms with van der Waals surface area (Å²) in [7, 11) is -4.00.